The van der Waals surface area contributed by atoms with Crippen LogP contribution in [0.1, 0.15) is 10.5 Å². The monoisotopic (exact) mass is 339 g/mol. The van der Waals surface area contributed by atoms with E-state index in [-0.39, 0.29) is 20.6 Å². The summed E-state index contributed by atoms with van der Waals surface area (Å²) in [4.78, 5) is 11.1. The lowest BCUT2D eigenvalue weighted by Crippen LogP contribution is -2.17. The van der Waals surface area contributed by atoms with Crippen molar-refractivity contribution in [2.75, 3.05) is 0 Å². The van der Waals surface area contributed by atoms with Crippen molar-refractivity contribution in [3.05, 3.63) is 28.9 Å². The van der Waals surface area contributed by atoms with Crippen LogP contribution < -0.4 is 4.74 Å². The molecule has 0 amide bonds. The first kappa shape index (κ1) is 15.4. The molecule has 0 radical (unpaired) electrons. The van der Waals surface area contributed by atoms with Gasteiger partial charge in [-0.05, 0) is 18.2 Å². The number of halogens is 4. The lowest BCUT2D eigenvalue weighted by molar-refractivity contribution is -0.274. The second kappa shape index (κ2) is 5.82. The fourth-order valence-electron chi connectivity index (χ4n) is 1.29. The van der Waals surface area contributed by atoms with Crippen LogP contribution in [-0.4, -0.2) is 32.8 Å². The lowest BCUT2D eigenvalue weighted by atomic mass is 10.3. The smallest absolute Gasteiger partial charge is 0.476 e. The van der Waals surface area contributed by atoms with Gasteiger partial charge in [0.1, 0.15) is 5.75 Å². The Morgan fingerprint density at radius 3 is 2.76 bits per heavy atom. The number of H-pyrrole nitrogens is 1. The van der Waals surface area contributed by atoms with Gasteiger partial charge in [-0.1, -0.05) is 28.6 Å². The zero-order chi connectivity index (χ0) is 15.6. The summed E-state index contributed by atoms with van der Waals surface area (Å²) < 4.78 is 40.4. The van der Waals surface area contributed by atoms with Gasteiger partial charge >= 0.3 is 12.3 Å². The van der Waals surface area contributed by atoms with E-state index in [1.807, 2.05) is 0 Å². The molecule has 2 aromatic rings. The molecule has 0 aliphatic carbocycles. The number of nitrogens with one attached hydrogen (secondary N) is 1. The predicted molar refractivity (Wildman–Crippen MR) is 65.6 cm³/mol. The molecule has 112 valence electrons. The van der Waals surface area contributed by atoms with E-state index < -0.39 is 18.1 Å². The predicted octanol–water partition coefficient (Wildman–Crippen LogP) is 3.21. The molecule has 0 aliphatic heterocycles. The number of ether oxygens (including phenoxy) is 1. The molecule has 0 bridgehead atoms. The molecule has 0 saturated heterocycles. The summed E-state index contributed by atoms with van der Waals surface area (Å²) in [6.07, 6.45) is -4.88. The molecular weight excluding hydrogens is 335 g/mol. The van der Waals surface area contributed by atoms with Gasteiger partial charge in [-0.15, -0.1) is 18.3 Å². The summed E-state index contributed by atoms with van der Waals surface area (Å²) in [6, 6.07) is 3.63. The summed E-state index contributed by atoms with van der Waals surface area (Å²) >= 11 is 6.41. The number of hydrogen-bond donors (Lipinski definition) is 2. The molecule has 21 heavy (non-hydrogen) atoms. The van der Waals surface area contributed by atoms with Crippen molar-refractivity contribution >= 4 is 29.3 Å². The van der Waals surface area contributed by atoms with Crippen molar-refractivity contribution in [3.63, 3.8) is 0 Å². The summed E-state index contributed by atoms with van der Waals surface area (Å²) in [7, 11) is 0. The largest absolute Gasteiger partial charge is 0.573 e. The Morgan fingerprint density at radius 1 is 1.43 bits per heavy atom. The Labute approximate surface area is 124 Å². The van der Waals surface area contributed by atoms with Gasteiger partial charge in [-0.25, -0.2) is 4.79 Å². The van der Waals surface area contributed by atoms with Gasteiger partial charge < -0.3 is 9.84 Å². The van der Waals surface area contributed by atoms with Crippen molar-refractivity contribution < 1.29 is 27.8 Å². The van der Waals surface area contributed by atoms with Crippen LogP contribution in [-0.2, 0) is 0 Å². The van der Waals surface area contributed by atoms with Crippen molar-refractivity contribution in [1.29, 1.82) is 0 Å². The summed E-state index contributed by atoms with van der Waals surface area (Å²) in [5.74, 6) is -1.88. The van der Waals surface area contributed by atoms with Gasteiger partial charge in [-0.3, -0.25) is 5.10 Å². The number of carbonyl (C=O) groups is 1. The Bertz CT molecular complexity index is 677. The standard InChI is InChI=1S/C10H5ClF3N3O3S/c11-5-2-1-4(3-6(5)20-10(12,13)14)21-8-7(9(18)19)15-17-16-8/h1-3H,(H,18,19)(H,15,16,17). The number of alkyl halides is 3. The van der Waals surface area contributed by atoms with E-state index in [4.69, 9.17) is 16.7 Å². The second-order valence-corrected chi connectivity index (χ2v) is 5.01. The molecule has 0 spiro atoms. The van der Waals surface area contributed by atoms with E-state index >= 15 is 0 Å². The van der Waals surface area contributed by atoms with Gasteiger partial charge in [0.15, 0.2) is 10.7 Å². The number of carboxylic acids is 1. The van der Waals surface area contributed by atoms with Crippen molar-refractivity contribution in [1.82, 2.24) is 15.4 Å². The number of carboxylic acid groups (broad SMARTS) is 1. The zero-order valence-electron chi connectivity index (χ0n) is 9.81. The molecule has 0 saturated carbocycles. The van der Waals surface area contributed by atoms with Crippen LogP contribution in [0, 0.1) is 0 Å². The number of rotatable bonds is 4. The molecular formula is C10H5ClF3N3O3S. The molecule has 2 N–H and O–H groups in total. The summed E-state index contributed by atoms with van der Waals surface area (Å²) in [5, 5.41) is 17.7. The minimum Gasteiger partial charge on any atom is -0.476 e. The fourth-order valence-corrected chi connectivity index (χ4v) is 2.29. The number of benzene rings is 1. The van der Waals surface area contributed by atoms with E-state index in [1.165, 1.54) is 12.1 Å². The van der Waals surface area contributed by atoms with Gasteiger partial charge in [0.2, 0.25) is 0 Å². The highest BCUT2D eigenvalue weighted by atomic mass is 35.5. The maximum Gasteiger partial charge on any atom is 0.573 e. The van der Waals surface area contributed by atoms with Gasteiger partial charge in [0.25, 0.3) is 0 Å². The van der Waals surface area contributed by atoms with Crippen LogP contribution >= 0.6 is 23.4 Å². The number of aromatic carboxylic acids is 1. The average molecular weight is 340 g/mol. The Morgan fingerprint density at radius 2 is 2.14 bits per heavy atom. The van der Waals surface area contributed by atoms with Crippen molar-refractivity contribution in [2.45, 2.75) is 16.3 Å². The van der Waals surface area contributed by atoms with Crippen LogP contribution in [0.25, 0.3) is 0 Å². The quantitative estimate of drug-likeness (QED) is 0.889. The summed E-state index contributed by atoms with van der Waals surface area (Å²) in [6.45, 7) is 0. The molecule has 0 aliphatic rings. The van der Waals surface area contributed by atoms with Crippen LogP contribution in [0.4, 0.5) is 13.2 Å². The number of aromatic amines is 1. The molecule has 1 heterocycles. The second-order valence-electron chi connectivity index (χ2n) is 3.54. The van der Waals surface area contributed by atoms with Crippen molar-refractivity contribution in [3.8, 4) is 5.75 Å². The molecule has 1 aromatic carbocycles. The first-order valence-electron chi connectivity index (χ1n) is 5.14. The Kier molecular flexibility index (Phi) is 4.28. The third kappa shape index (κ3) is 4.02. The first-order valence-corrected chi connectivity index (χ1v) is 6.33. The fraction of sp³-hybridized carbons (Fsp3) is 0.100. The maximum atomic E-state index is 12.2. The molecule has 0 fully saturated rings. The maximum absolute atomic E-state index is 12.2. The molecule has 2 rings (SSSR count). The lowest BCUT2D eigenvalue weighted by Gasteiger charge is -2.11. The number of nitrogens with zero attached hydrogens (tertiary/aromatic N) is 2. The van der Waals surface area contributed by atoms with Crippen molar-refractivity contribution in [2.24, 2.45) is 0 Å². The van der Waals surface area contributed by atoms with E-state index in [0.717, 1.165) is 17.8 Å². The zero-order valence-corrected chi connectivity index (χ0v) is 11.4. The minimum absolute atomic E-state index is 0.00258. The van der Waals surface area contributed by atoms with Crippen LogP contribution in [0.3, 0.4) is 0 Å². The Hall–Kier alpha value is -1.94. The highest BCUT2D eigenvalue weighted by Crippen LogP contribution is 2.36. The minimum atomic E-state index is -4.88. The first-order chi connectivity index (χ1) is 9.76. The molecule has 11 heteroatoms. The Balaban J connectivity index is 2.27. The van der Waals surface area contributed by atoms with E-state index in [0.29, 0.717) is 0 Å². The van der Waals surface area contributed by atoms with E-state index in [2.05, 4.69) is 20.1 Å². The van der Waals surface area contributed by atoms with Crippen LogP contribution in [0.5, 0.6) is 5.75 Å². The van der Waals surface area contributed by atoms with Gasteiger partial charge in [0, 0.05) is 4.90 Å². The third-order valence-electron chi connectivity index (χ3n) is 2.07. The number of hydrogen-bond acceptors (Lipinski definition) is 5. The van der Waals surface area contributed by atoms with Crippen LogP contribution in [0.15, 0.2) is 28.1 Å². The SMILES string of the molecule is O=C(O)c1[nH]nnc1Sc1ccc(Cl)c(OC(F)(F)F)c1. The normalized spacial score (nSPS) is 11.4. The highest BCUT2D eigenvalue weighted by molar-refractivity contribution is 7.99. The highest BCUT2D eigenvalue weighted by Gasteiger charge is 2.32. The number of aromatic nitrogens is 3. The molecule has 6 nitrogen and oxygen atoms in total. The third-order valence-corrected chi connectivity index (χ3v) is 3.35. The van der Waals surface area contributed by atoms with E-state index in [1.54, 1.807) is 0 Å². The van der Waals surface area contributed by atoms with Gasteiger partial charge in [0.05, 0.1) is 5.02 Å². The van der Waals surface area contributed by atoms with Crippen LogP contribution in [0.2, 0.25) is 5.02 Å². The van der Waals surface area contributed by atoms with Gasteiger partial charge in [-0.2, -0.15) is 0 Å². The van der Waals surface area contributed by atoms with E-state index in [9.17, 15) is 18.0 Å². The molecule has 0 atom stereocenters. The molecule has 0 unspecified atom stereocenters. The molecule has 1 aromatic heterocycles. The topological polar surface area (TPSA) is 88.1 Å². The average Bonchev–Trinajstić information content (AvgIpc) is 2.80. The summed E-state index contributed by atoms with van der Waals surface area (Å²) in [5.41, 5.74) is -0.270.